The van der Waals surface area contributed by atoms with Gasteiger partial charge in [-0.05, 0) is 31.9 Å². The molecule has 2 aromatic heterocycles. The number of para-hydroxylation sites is 1. The molecule has 4 rings (SSSR count). The number of H-pyrrole nitrogens is 2. The third-order valence-corrected chi connectivity index (χ3v) is 4.13. The number of aromatic amines is 2. The number of Topliss-reactive ketones (excluding diaryl/α,β-unsaturated/α-hetero) is 1. The van der Waals surface area contributed by atoms with Crippen LogP contribution >= 0.6 is 0 Å². The van der Waals surface area contributed by atoms with Gasteiger partial charge in [-0.15, -0.1) is 0 Å². The van der Waals surface area contributed by atoms with E-state index in [-0.39, 0.29) is 5.78 Å². The molecule has 4 nitrogen and oxygen atoms in total. The van der Waals surface area contributed by atoms with Gasteiger partial charge in [-0.1, -0.05) is 18.2 Å². The summed E-state index contributed by atoms with van der Waals surface area (Å²) in [6.07, 6.45) is 5.20. The first-order chi connectivity index (χ1) is 10.2. The predicted octanol–water partition coefficient (Wildman–Crippen LogP) is 3.41. The van der Waals surface area contributed by atoms with Crippen LogP contribution in [0.25, 0.3) is 17.0 Å². The molecule has 2 N–H and O–H groups in total. The quantitative estimate of drug-likeness (QED) is 0.669. The minimum atomic E-state index is 0.121. The molecule has 1 aromatic carbocycles. The van der Waals surface area contributed by atoms with E-state index in [0.717, 1.165) is 52.0 Å². The molecule has 0 radical (unpaired) electrons. The fourth-order valence-corrected chi connectivity index (χ4v) is 3.00. The van der Waals surface area contributed by atoms with Gasteiger partial charge in [0.25, 0.3) is 0 Å². The number of aryl methyl sites for hydroxylation is 2. The largest absolute Gasteiger partial charge is 0.358 e. The van der Waals surface area contributed by atoms with Crippen LogP contribution in [-0.4, -0.2) is 20.7 Å². The van der Waals surface area contributed by atoms with Gasteiger partial charge in [-0.2, -0.15) is 0 Å². The van der Waals surface area contributed by atoms with Gasteiger partial charge < -0.3 is 9.97 Å². The second kappa shape index (κ2) is 4.45. The molecule has 4 heteroatoms. The number of aromatic nitrogens is 3. The van der Waals surface area contributed by atoms with Crippen molar-refractivity contribution in [3.05, 3.63) is 58.8 Å². The van der Waals surface area contributed by atoms with Gasteiger partial charge in [0.1, 0.15) is 0 Å². The summed E-state index contributed by atoms with van der Waals surface area (Å²) in [4.78, 5) is 23.5. The molecular weight excluding hydrogens is 262 g/mol. The fourth-order valence-electron chi connectivity index (χ4n) is 3.00. The number of fused-ring (bicyclic) bond motifs is 3. The van der Waals surface area contributed by atoms with Crippen LogP contribution in [-0.2, 0) is 6.42 Å². The van der Waals surface area contributed by atoms with Crippen molar-refractivity contribution in [2.45, 2.75) is 19.8 Å². The van der Waals surface area contributed by atoms with Crippen molar-refractivity contribution in [2.24, 2.45) is 0 Å². The summed E-state index contributed by atoms with van der Waals surface area (Å²) in [6.45, 7) is 1.96. The number of nitrogens with zero attached hydrogens (tertiary/aromatic N) is 1. The van der Waals surface area contributed by atoms with E-state index in [1.165, 1.54) is 0 Å². The van der Waals surface area contributed by atoms with Crippen molar-refractivity contribution < 1.29 is 4.79 Å². The Morgan fingerprint density at radius 1 is 1.24 bits per heavy atom. The number of hydrogen-bond acceptors (Lipinski definition) is 2. The second-order valence-electron chi connectivity index (χ2n) is 5.44. The Balaban J connectivity index is 1.85. The Bertz CT molecular complexity index is 882. The first-order valence-corrected chi connectivity index (χ1v) is 7.09. The third-order valence-electron chi connectivity index (χ3n) is 4.13. The van der Waals surface area contributed by atoms with Crippen LogP contribution in [0.3, 0.4) is 0 Å². The molecular formula is C17H15N3O. The summed E-state index contributed by atoms with van der Waals surface area (Å²) in [5, 5.41) is 1.02. The Kier molecular flexibility index (Phi) is 2.57. The number of carbonyl (C=O) groups excluding carboxylic acids is 1. The van der Waals surface area contributed by atoms with Gasteiger partial charge in [-0.3, -0.25) is 4.79 Å². The number of hydrogen-bond donors (Lipinski definition) is 2. The average Bonchev–Trinajstić information content (AvgIpc) is 3.06. The molecule has 2 heterocycles. The summed E-state index contributed by atoms with van der Waals surface area (Å²) in [5.74, 6) is 0.121. The molecule has 0 atom stereocenters. The van der Waals surface area contributed by atoms with Gasteiger partial charge >= 0.3 is 0 Å². The summed E-state index contributed by atoms with van der Waals surface area (Å²) >= 11 is 0. The van der Waals surface area contributed by atoms with E-state index in [9.17, 15) is 4.79 Å². The van der Waals surface area contributed by atoms with Crippen LogP contribution < -0.4 is 0 Å². The van der Waals surface area contributed by atoms with Crippen molar-refractivity contribution in [2.75, 3.05) is 0 Å². The van der Waals surface area contributed by atoms with Crippen LogP contribution in [0.15, 0.2) is 36.2 Å². The van der Waals surface area contributed by atoms with Crippen LogP contribution in [0.5, 0.6) is 0 Å². The van der Waals surface area contributed by atoms with Gasteiger partial charge in [0.05, 0.1) is 17.6 Å². The molecule has 0 saturated carbocycles. The molecule has 0 spiro atoms. The highest BCUT2D eigenvalue weighted by Crippen LogP contribution is 2.32. The number of nitrogens with one attached hydrogen (secondary N) is 2. The smallest absolute Gasteiger partial charge is 0.191 e. The number of imidazole rings is 1. The lowest BCUT2D eigenvalue weighted by molar-refractivity contribution is 0.102. The van der Waals surface area contributed by atoms with E-state index < -0.39 is 0 Å². The van der Waals surface area contributed by atoms with Crippen molar-refractivity contribution in [1.29, 1.82) is 0 Å². The monoisotopic (exact) mass is 277 g/mol. The van der Waals surface area contributed by atoms with E-state index in [2.05, 4.69) is 15.0 Å². The summed E-state index contributed by atoms with van der Waals surface area (Å²) in [7, 11) is 0. The van der Waals surface area contributed by atoms with Crippen LogP contribution in [0.2, 0.25) is 0 Å². The van der Waals surface area contributed by atoms with E-state index in [4.69, 9.17) is 0 Å². The molecule has 0 aliphatic heterocycles. The average molecular weight is 277 g/mol. The molecule has 0 fully saturated rings. The molecule has 0 bridgehead atoms. The first kappa shape index (κ1) is 12.1. The van der Waals surface area contributed by atoms with Crippen molar-refractivity contribution in [1.82, 2.24) is 15.0 Å². The van der Waals surface area contributed by atoms with Crippen molar-refractivity contribution in [3.8, 4) is 0 Å². The van der Waals surface area contributed by atoms with Crippen LogP contribution in [0.1, 0.15) is 33.9 Å². The first-order valence-electron chi connectivity index (χ1n) is 7.09. The maximum atomic E-state index is 12.8. The number of benzene rings is 1. The van der Waals surface area contributed by atoms with E-state index in [1.54, 1.807) is 6.33 Å². The topological polar surface area (TPSA) is 61.5 Å². The van der Waals surface area contributed by atoms with E-state index >= 15 is 0 Å². The maximum Gasteiger partial charge on any atom is 0.191 e. The molecule has 0 amide bonds. The standard InChI is InChI=1S/C17H15N3O/c1-10-15(19-9-18-10)8-11-6-7-14-16(17(11)21)12-4-2-3-5-13(12)20-14/h2-5,8-9,20H,6-7H2,1H3,(H,18,19). The molecule has 104 valence electrons. The number of rotatable bonds is 1. The Morgan fingerprint density at radius 2 is 2.10 bits per heavy atom. The molecule has 0 unspecified atom stereocenters. The third kappa shape index (κ3) is 1.83. The Hall–Kier alpha value is -2.62. The highest BCUT2D eigenvalue weighted by atomic mass is 16.1. The van der Waals surface area contributed by atoms with Crippen LogP contribution in [0, 0.1) is 6.92 Å². The Morgan fingerprint density at radius 3 is 2.90 bits per heavy atom. The van der Waals surface area contributed by atoms with Gasteiger partial charge in [0.15, 0.2) is 5.78 Å². The number of carbonyl (C=O) groups is 1. The number of ketones is 1. The molecule has 0 saturated heterocycles. The van der Waals surface area contributed by atoms with Gasteiger partial charge in [-0.25, -0.2) is 4.98 Å². The maximum absolute atomic E-state index is 12.8. The normalized spacial score (nSPS) is 16.6. The minimum Gasteiger partial charge on any atom is -0.358 e. The second-order valence-corrected chi connectivity index (χ2v) is 5.44. The summed E-state index contributed by atoms with van der Waals surface area (Å²) < 4.78 is 0. The van der Waals surface area contributed by atoms with Gasteiger partial charge in [0, 0.05) is 27.9 Å². The summed E-state index contributed by atoms with van der Waals surface area (Å²) in [6, 6.07) is 7.98. The fraction of sp³-hybridized carbons (Fsp3) is 0.176. The van der Waals surface area contributed by atoms with Crippen LogP contribution in [0.4, 0.5) is 0 Å². The zero-order valence-corrected chi connectivity index (χ0v) is 11.7. The zero-order valence-electron chi connectivity index (χ0n) is 11.7. The summed E-state index contributed by atoms with van der Waals surface area (Å²) in [5.41, 5.74) is 5.59. The Labute approximate surface area is 121 Å². The molecule has 21 heavy (non-hydrogen) atoms. The highest BCUT2D eigenvalue weighted by molar-refractivity contribution is 6.19. The lowest BCUT2D eigenvalue weighted by atomic mass is 9.89. The lowest BCUT2D eigenvalue weighted by Gasteiger charge is -2.14. The molecule has 1 aliphatic carbocycles. The van der Waals surface area contributed by atoms with E-state index in [1.807, 2.05) is 37.3 Å². The van der Waals surface area contributed by atoms with E-state index in [0.29, 0.717) is 0 Å². The highest BCUT2D eigenvalue weighted by Gasteiger charge is 2.26. The lowest BCUT2D eigenvalue weighted by Crippen LogP contribution is -2.13. The molecule has 3 aromatic rings. The molecule has 1 aliphatic rings. The predicted molar refractivity (Wildman–Crippen MR) is 82.3 cm³/mol. The zero-order chi connectivity index (χ0) is 14.4. The minimum absolute atomic E-state index is 0.121. The van der Waals surface area contributed by atoms with Crippen molar-refractivity contribution >= 4 is 22.8 Å². The van der Waals surface area contributed by atoms with Gasteiger partial charge in [0.2, 0.25) is 0 Å². The number of allylic oxidation sites excluding steroid dienone is 1. The van der Waals surface area contributed by atoms with Crippen molar-refractivity contribution in [3.63, 3.8) is 0 Å². The SMILES string of the molecule is Cc1[nH]cnc1C=C1CCc2[nH]c3ccccc3c2C1=O.